The zero-order chi connectivity index (χ0) is 16.1. The van der Waals surface area contributed by atoms with Crippen molar-refractivity contribution in [2.75, 3.05) is 6.54 Å². The van der Waals surface area contributed by atoms with Crippen LogP contribution in [0.1, 0.15) is 41.6 Å². The number of hydrogen-bond acceptors (Lipinski definition) is 4. The Balaban J connectivity index is 1.90. The van der Waals surface area contributed by atoms with Gasteiger partial charge in [-0.25, -0.2) is 0 Å². The molecule has 0 bridgehead atoms. The predicted octanol–water partition coefficient (Wildman–Crippen LogP) is 2.84. The van der Waals surface area contributed by atoms with E-state index >= 15 is 0 Å². The average Bonchev–Trinajstić information content (AvgIpc) is 2.91. The van der Waals surface area contributed by atoms with Gasteiger partial charge in [-0.3, -0.25) is 4.79 Å². The minimum atomic E-state index is -0.785. The fourth-order valence-corrected chi connectivity index (χ4v) is 2.03. The Bertz CT molecular complexity index is 616. The Morgan fingerprint density at radius 2 is 1.95 bits per heavy atom. The SMILES string of the molecule is Cc1ccoc1C(=O)NCC(O)c1ccc(OC(C)C)cc1. The monoisotopic (exact) mass is 303 g/mol. The average molecular weight is 303 g/mol. The zero-order valence-electron chi connectivity index (χ0n) is 13.0. The van der Waals surface area contributed by atoms with E-state index in [0.717, 1.165) is 11.3 Å². The van der Waals surface area contributed by atoms with E-state index in [1.54, 1.807) is 37.3 Å². The van der Waals surface area contributed by atoms with E-state index in [2.05, 4.69) is 5.32 Å². The number of carbonyl (C=O) groups is 1. The van der Waals surface area contributed by atoms with Gasteiger partial charge in [-0.05, 0) is 44.5 Å². The third-order valence-corrected chi connectivity index (χ3v) is 3.16. The van der Waals surface area contributed by atoms with E-state index in [-0.39, 0.29) is 24.3 Å². The van der Waals surface area contributed by atoms with Crippen LogP contribution in [0.2, 0.25) is 0 Å². The van der Waals surface area contributed by atoms with E-state index in [1.807, 2.05) is 13.8 Å². The number of aryl methyl sites for hydroxylation is 1. The highest BCUT2D eigenvalue weighted by atomic mass is 16.5. The molecular formula is C17H21NO4. The van der Waals surface area contributed by atoms with Crippen LogP contribution in [0.25, 0.3) is 0 Å². The second-order valence-electron chi connectivity index (χ2n) is 5.39. The number of ether oxygens (including phenoxy) is 1. The van der Waals surface area contributed by atoms with Gasteiger partial charge < -0.3 is 19.6 Å². The molecule has 1 heterocycles. The van der Waals surface area contributed by atoms with Crippen molar-refractivity contribution in [1.82, 2.24) is 5.32 Å². The number of furan rings is 1. The molecule has 1 unspecified atom stereocenters. The van der Waals surface area contributed by atoms with Crippen LogP contribution in [-0.4, -0.2) is 23.7 Å². The molecule has 1 atom stereocenters. The number of rotatable bonds is 6. The van der Waals surface area contributed by atoms with Gasteiger partial charge in [0.1, 0.15) is 5.75 Å². The molecule has 5 heteroatoms. The molecule has 0 aliphatic carbocycles. The van der Waals surface area contributed by atoms with Gasteiger partial charge in [-0.2, -0.15) is 0 Å². The molecule has 1 aromatic heterocycles. The number of hydrogen-bond donors (Lipinski definition) is 2. The highest BCUT2D eigenvalue weighted by molar-refractivity contribution is 5.92. The first-order valence-electron chi connectivity index (χ1n) is 7.24. The van der Waals surface area contributed by atoms with Gasteiger partial charge in [-0.1, -0.05) is 12.1 Å². The van der Waals surface area contributed by atoms with E-state index < -0.39 is 6.10 Å². The Hall–Kier alpha value is -2.27. The summed E-state index contributed by atoms with van der Waals surface area (Å²) in [6.07, 6.45) is 0.785. The lowest BCUT2D eigenvalue weighted by Crippen LogP contribution is -2.28. The lowest BCUT2D eigenvalue weighted by molar-refractivity contribution is 0.0888. The molecule has 22 heavy (non-hydrogen) atoms. The summed E-state index contributed by atoms with van der Waals surface area (Å²) in [6, 6.07) is 8.90. The van der Waals surface area contributed by atoms with Crippen molar-refractivity contribution in [3.8, 4) is 5.75 Å². The van der Waals surface area contributed by atoms with Crippen LogP contribution in [0.4, 0.5) is 0 Å². The fourth-order valence-electron chi connectivity index (χ4n) is 2.03. The largest absolute Gasteiger partial charge is 0.491 e. The number of carbonyl (C=O) groups excluding carboxylic acids is 1. The summed E-state index contributed by atoms with van der Waals surface area (Å²) in [4.78, 5) is 11.9. The van der Waals surface area contributed by atoms with Gasteiger partial charge >= 0.3 is 0 Å². The van der Waals surface area contributed by atoms with Crippen LogP contribution in [-0.2, 0) is 0 Å². The first kappa shape index (κ1) is 16.1. The van der Waals surface area contributed by atoms with Gasteiger partial charge in [0.05, 0.1) is 18.5 Å². The lowest BCUT2D eigenvalue weighted by atomic mass is 10.1. The number of aliphatic hydroxyl groups is 1. The second kappa shape index (κ2) is 7.13. The number of nitrogens with one attached hydrogen (secondary N) is 1. The third-order valence-electron chi connectivity index (χ3n) is 3.16. The third kappa shape index (κ3) is 4.11. The summed E-state index contributed by atoms with van der Waals surface area (Å²) in [5.74, 6) is 0.690. The van der Waals surface area contributed by atoms with Gasteiger partial charge in [0.15, 0.2) is 5.76 Å². The quantitative estimate of drug-likeness (QED) is 0.861. The topological polar surface area (TPSA) is 71.7 Å². The summed E-state index contributed by atoms with van der Waals surface area (Å²) < 4.78 is 10.7. The van der Waals surface area contributed by atoms with Crippen molar-refractivity contribution in [1.29, 1.82) is 0 Å². The first-order chi connectivity index (χ1) is 10.5. The number of benzene rings is 1. The van der Waals surface area contributed by atoms with Crippen LogP contribution < -0.4 is 10.1 Å². The normalized spacial score (nSPS) is 12.2. The number of aliphatic hydroxyl groups excluding tert-OH is 1. The van der Waals surface area contributed by atoms with Gasteiger partial charge in [0.25, 0.3) is 5.91 Å². The Morgan fingerprint density at radius 1 is 1.27 bits per heavy atom. The van der Waals surface area contributed by atoms with E-state index in [1.165, 1.54) is 6.26 Å². The van der Waals surface area contributed by atoms with E-state index in [0.29, 0.717) is 5.56 Å². The molecule has 5 nitrogen and oxygen atoms in total. The van der Waals surface area contributed by atoms with Crippen molar-refractivity contribution >= 4 is 5.91 Å². The molecule has 0 saturated carbocycles. The molecule has 1 aromatic carbocycles. The molecule has 118 valence electrons. The Kier molecular flexibility index (Phi) is 5.22. The zero-order valence-corrected chi connectivity index (χ0v) is 13.0. The summed E-state index contributed by atoms with van der Waals surface area (Å²) in [7, 11) is 0. The highest BCUT2D eigenvalue weighted by Crippen LogP contribution is 2.18. The van der Waals surface area contributed by atoms with Crippen molar-refractivity contribution < 1.29 is 19.1 Å². The maximum absolute atomic E-state index is 11.9. The molecule has 0 aliphatic heterocycles. The Morgan fingerprint density at radius 3 is 2.50 bits per heavy atom. The molecule has 0 spiro atoms. The first-order valence-corrected chi connectivity index (χ1v) is 7.24. The molecule has 0 radical (unpaired) electrons. The molecule has 2 N–H and O–H groups in total. The summed E-state index contributed by atoms with van der Waals surface area (Å²) in [5.41, 5.74) is 1.48. The van der Waals surface area contributed by atoms with E-state index in [4.69, 9.17) is 9.15 Å². The van der Waals surface area contributed by atoms with Crippen LogP contribution in [0, 0.1) is 6.92 Å². The molecular weight excluding hydrogens is 282 g/mol. The van der Waals surface area contributed by atoms with Gasteiger partial charge in [0, 0.05) is 12.1 Å². The molecule has 0 saturated heterocycles. The van der Waals surface area contributed by atoms with Crippen LogP contribution in [0.3, 0.4) is 0 Å². The molecule has 2 aromatic rings. The molecule has 0 fully saturated rings. The van der Waals surface area contributed by atoms with Crippen LogP contribution >= 0.6 is 0 Å². The second-order valence-corrected chi connectivity index (χ2v) is 5.39. The fraction of sp³-hybridized carbons (Fsp3) is 0.353. The summed E-state index contributed by atoms with van der Waals surface area (Å²) in [6.45, 7) is 5.81. The van der Waals surface area contributed by atoms with Crippen molar-refractivity contribution in [2.24, 2.45) is 0 Å². The van der Waals surface area contributed by atoms with Crippen molar-refractivity contribution in [3.63, 3.8) is 0 Å². The Labute approximate surface area is 129 Å². The van der Waals surface area contributed by atoms with Crippen LogP contribution in [0.15, 0.2) is 41.0 Å². The van der Waals surface area contributed by atoms with Gasteiger partial charge in [0.2, 0.25) is 0 Å². The maximum atomic E-state index is 11.9. The molecule has 0 aliphatic rings. The standard InChI is InChI=1S/C17H21NO4/c1-11(2)22-14-6-4-13(5-7-14)15(19)10-18-17(20)16-12(3)8-9-21-16/h4-9,11,15,19H,10H2,1-3H3,(H,18,20). The minimum absolute atomic E-state index is 0.103. The minimum Gasteiger partial charge on any atom is -0.491 e. The van der Waals surface area contributed by atoms with E-state index in [9.17, 15) is 9.90 Å². The smallest absolute Gasteiger partial charge is 0.287 e. The van der Waals surface area contributed by atoms with Crippen LogP contribution in [0.5, 0.6) is 5.75 Å². The molecule has 2 rings (SSSR count). The molecule has 1 amide bonds. The highest BCUT2D eigenvalue weighted by Gasteiger charge is 2.15. The van der Waals surface area contributed by atoms with Gasteiger partial charge in [-0.15, -0.1) is 0 Å². The van der Waals surface area contributed by atoms with Crippen molar-refractivity contribution in [2.45, 2.75) is 33.0 Å². The number of amides is 1. The lowest BCUT2D eigenvalue weighted by Gasteiger charge is -2.14. The summed E-state index contributed by atoms with van der Waals surface area (Å²) in [5, 5.41) is 12.8. The predicted molar refractivity (Wildman–Crippen MR) is 82.9 cm³/mol. The summed E-state index contributed by atoms with van der Waals surface area (Å²) >= 11 is 0. The van der Waals surface area contributed by atoms with Crippen molar-refractivity contribution in [3.05, 3.63) is 53.5 Å². The maximum Gasteiger partial charge on any atom is 0.287 e.